The second kappa shape index (κ2) is 7.60. The van der Waals surface area contributed by atoms with Gasteiger partial charge in [-0.3, -0.25) is 14.4 Å². The summed E-state index contributed by atoms with van der Waals surface area (Å²) in [4.78, 5) is 37.2. The lowest BCUT2D eigenvalue weighted by atomic mass is 9.64. The molecule has 1 aromatic carbocycles. The first kappa shape index (κ1) is 18.6. The molecule has 1 aromatic rings. The number of Topliss-reactive ketones (excluding diaryl/α,β-unsaturated/α-hetero) is 1. The van der Waals surface area contributed by atoms with Gasteiger partial charge in [0, 0.05) is 6.42 Å². The zero-order valence-corrected chi connectivity index (χ0v) is 15.4. The zero-order chi connectivity index (χ0) is 18.7. The monoisotopic (exact) mass is 358 g/mol. The Morgan fingerprint density at radius 1 is 1.27 bits per heavy atom. The maximum atomic E-state index is 12.9. The second-order valence-corrected chi connectivity index (χ2v) is 7.99. The van der Waals surface area contributed by atoms with Gasteiger partial charge in [0.15, 0.2) is 0 Å². The molecule has 0 aromatic heterocycles. The van der Waals surface area contributed by atoms with E-state index in [1.54, 1.807) is 0 Å². The Morgan fingerprint density at radius 3 is 2.69 bits per heavy atom. The normalized spacial score (nSPS) is 28.0. The summed E-state index contributed by atoms with van der Waals surface area (Å²) in [6.45, 7) is 4.40. The van der Waals surface area contributed by atoms with Crippen molar-refractivity contribution in [3.05, 3.63) is 35.9 Å². The van der Waals surface area contributed by atoms with E-state index in [0.717, 1.165) is 12.0 Å². The molecular formula is C21H26O5. The van der Waals surface area contributed by atoms with Gasteiger partial charge in [0.2, 0.25) is 0 Å². The van der Waals surface area contributed by atoms with Gasteiger partial charge in [-0.1, -0.05) is 44.2 Å². The molecular weight excluding hydrogens is 332 g/mol. The number of ketones is 1. The van der Waals surface area contributed by atoms with Gasteiger partial charge in [0.25, 0.3) is 0 Å². The Balaban J connectivity index is 1.67. The molecule has 3 unspecified atom stereocenters. The van der Waals surface area contributed by atoms with E-state index in [4.69, 9.17) is 9.47 Å². The number of benzene rings is 1. The highest BCUT2D eigenvalue weighted by Gasteiger charge is 2.58. The molecule has 0 spiro atoms. The Kier molecular flexibility index (Phi) is 5.44. The smallest absolute Gasteiger partial charge is 0.307 e. The molecule has 3 atom stereocenters. The van der Waals surface area contributed by atoms with Crippen LogP contribution < -0.4 is 0 Å². The lowest BCUT2D eigenvalue weighted by molar-refractivity contribution is -0.157. The molecule has 0 amide bonds. The molecule has 26 heavy (non-hydrogen) atoms. The van der Waals surface area contributed by atoms with Crippen LogP contribution in [0.1, 0.15) is 51.5 Å². The summed E-state index contributed by atoms with van der Waals surface area (Å²) in [5, 5.41) is 0. The number of carbonyl (C=O) groups is 3. The van der Waals surface area contributed by atoms with E-state index in [9.17, 15) is 14.4 Å². The molecule has 2 aliphatic rings. The molecule has 0 radical (unpaired) electrons. The van der Waals surface area contributed by atoms with Crippen LogP contribution in [0.4, 0.5) is 0 Å². The first-order valence-corrected chi connectivity index (χ1v) is 9.31. The van der Waals surface area contributed by atoms with E-state index in [0.29, 0.717) is 18.8 Å². The minimum absolute atomic E-state index is 0.00860. The predicted molar refractivity (Wildman–Crippen MR) is 95.0 cm³/mol. The Labute approximate surface area is 154 Å². The Bertz CT molecular complexity index is 681. The quantitative estimate of drug-likeness (QED) is 0.729. The second-order valence-electron chi connectivity index (χ2n) is 7.99. The third-order valence-electron chi connectivity index (χ3n) is 5.43. The van der Waals surface area contributed by atoms with Crippen LogP contribution in [-0.4, -0.2) is 23.8 Å². The fourth-order valence-electron chi connectivity index (χ4n) is 4.26. The summed E-state index contributed by atoms with van der Waals surface area (Å²) in [5.41, 5.74) is -0.140. The molecule has 1 aliphatic carbocycles. The van der Waals surface area contributed by atoms with Gasteiger partial charge in [-0.15, -0.1) is 0 Å². The van der Waals surface area contributed by atoms with Crippen molar-refractivity contribution < 1.29 is 23.9 Å². The number of fused-ring (bicyclic) bond motifs is 1. The molecule has 1 aliphatic heterocycles. The lowest BCUT2D eigenvalue weighted by Crippen LogP contribution is -2.47. The van der Waals surface area contributed by atoms with Crippen LogP contribution in [-0.2, 0) is 30.5 Å². The number of esters is 2. The predicted octanol–water partition coefficient (Wildman–Crippen LogP) is 3.45. The highest BCUT2D eigenvalue weighted by molar-refractivity contribution is 5.95. The van der Waals surface area contributed by atoms with E-state index < -0.39 is 17.5 Å². The highest BCUT2D eigenvalue weighted by Crippen LogP contribution is 2.49. The minimum Gasteiger partial charge on any atom is -0.461 e. The van der Waals surface area contributed by atoms with Crippen LogP contribution in [0.2, 0.25) is 0 Å². The molecule has 2 fully saturated rings. The standard InChI is InChI=1S/C21H26O5/c1-14(2)8-16-9-17(22)21(12-20(24)26-18(21)10-16)11-19(23)25-13-15-6-4-3-5-7-15/h3-7,14,16,18H,8-13H2,1-2H3. The van der Waals surface area contributed by atoms with Gasteiger partial charge in [0.1, 0.15) is 18.5 Å². The summed E-state index contributed by atoms with van der Waals surface area (Å²) in [6, 6.07) is 9.39. The number of hydrogen-bond acceptors (Lipinski definition) is 5. The molecule has 3 rings (SSSR count). The van der Waals surface area contributed by atoms with Crippen molar-refractivity contribution >= 4 is 17.7 Å². The molecule has 0 N–H and O–H groups in total. The molecule has 1 saturated heterocycles. The largest absolute Gasteiger partial charge is 0.461 e. The van der Waals surface area contributed by atoms with E-state index in [1.165, 1.54) is 0 Å². The molecule has 1 saturated carbocycles. The van der Waals surface area contributed by atoms with Gasteiger partial charge < -0.3 is 9.47 Å². The highest BCUT2D eigenvalue weighted by atomic mass is 16.6. The van der Waals surface area contributed by atoms with Crippen molar-refractivity contribution in [3.8, 4) is 0 Å². The van der Waals surface area contributed by atoms with Crippen molar-refractivity contribution in [3.63, 3.8) is 0 Å². The molecule has 1 heterocycles. The van der Waals surface area contributed by atoms with Crippen LogP contribution >= 0.6 is 0 Å². The fourth-order valence-corrected chi connectivity index (χ4v) is 4.26. The number of carbonyl (C=O) groups excluding carboxylic acids is 3. The minimum atomic E-state index is -1.03. The maximum absolute atomic E-state index is 12.9. The Morgan fingerprint density at radius 2 is 2.00 bits per heavy atom. The van der Waals surface area contributed by atoms with E-state index >= 15 is 0 Å². The van der Waals surface area contributed by atoms with Crippen LogP contribution in [0.15, 0.2) is 30.3 Å². The zero-order valence-electron chi connectivity index (χ0n) is 15.4. The summed E-state index contributed by atoms with van der Waals surface area (Å²) in [5.74, 6) is -0.167. The van der Waals surface area contributed by atoms with Crippen molar-refractivity contribution in [2.75, 3.05) is 0 Å². The Hall–Kier alpha value is -2.17. The SMILES string of the molecule is CC(C)CC1CC(=O)C2(CC(=O)OCc3ccccc3)CC(=O)OC2C1. The van der Waals surface area contributed by atoms with Crippen LogP contribution in [0.5, 0.6) is 0 Å². The molecule has 5 nitrogen and oxygen atoms in total. The number of ether oxygens (including phenoxy) is 2. The van der Waals surface area contributed by atoms with E-state index in [2.05, 4.69) is 13.8 Å². The van der Waals surface area contributed by atoms with E-state index in [1.807, 2.05) is 30.3 Å². The first-order chi connectivity index (χ1) is 12.4. The van der Waals surface area contributed by atoms with Gasteiger partial charge in [0.05, 0.1) is 18.3 Å². The summed E-state index contributed by atoms with van der Waals surface area (Å²) < 4.78 is 10.8. The molecule has 5 heteroatoms. The van der Waals surface area contributed by atoms with Crippen molar-refractivity contribution in [1.29, 1.82) is 0 Å². The van der Waals surface area contributed by atoms with Gasteiger partial charge in [-0.05, 0) is 30.2 Å². The van der Waals surface area contributed by atoms with Gasteiger partial charge in [-0.25, -0.2) is 0 Å². The third-order valence-corrected chi connectivity index (χ3v) is 5.43. The average molecular weight is 358 g/mol. The van der Waals surface area contributed by atoms with Gasteiger partial charge >= 0.3 is 11.9 Å². The third kappa shape index (κ3) is 3.97. The van der Waals surface area contributed by atoms with Crippen LogP contribution in [0.25, 0.3) is 0 Å². The lowest BCUT2D eigenvalue weighted by Gasteiger charge is -2.38. The van der Waals surface area contributed by atoms with Crippen molar-refractivity contribution in [2.24, 2.45) is 17.3 Å². The summed E-state index contributed by atoms with van der Waals surface area (Å²) in [6.07, 6.45) is 1.41. The topological polar surface area (TPSA) is 69.7 Å². The van der Waals surface area contributed by atoms with Gasteiger partial charge in [-0.2, -0.15) is 0 Å². The first-order valence-electron chi connectivity index (χ1n) is 9.31. The maximum Gasteiger partial charge on any atom is 0.307 e. The van der Waals surface area contributed by atoms with Crippen LogP contribution in [0, 0.1) is 17.3 Å². The molecule has 0 bridgehead atoms. The van der Waals surface area contributed by atoms with E-state index in [-0.39, 0.29) is 37.1 Å². The summed E-state index contributed by atoms with van der Waals surface area (Å²) in [7, 11) is 0. The summed E-state index contributed by atoms with van der Waals surface area (Å²) >= 11 is 0. The van der Waals surface area contributed by atoms with Crippen molar-refractivity contribution in [2.45, 2.75) is 58.7 Å². The molecule has 140 valence electrons. The number of rotatable bonds is 6. The van der Waals surface area contributed by atoms with Crippen molar-refractivity contribution in [1.82, 2.24) is 0 Å². The average Bonchev–Trinajstić information content (AvgIpc) is 2.90. The van der Waals surface area contributed by atoms with Crippen LogP contribution in [0.3, 0.4) is 0 Å². The fraction of sp³-hybridized carbons (Fsp3) is 0.571. The number of hydrogen-bond donors (Lipinski definition) is 0.